The summed E-state index contributed by atoms with van der Waals surface area (Å²) in [6.45, 7) is 0. The molecule has 2 aliphatic carbocycles. The number of nitrogens with zero attached hydrogens (tertiary/aromatic N) is 2. The second-order valence-electron chi connectivity index (χ2n) is 17.5. The lowest BCUT2D eigenvalue weighted by molar-refractivity contribution is 0.693. The van der Waals surface area contributed by atoms with Crippen LogP contribution in [0.25, 0.3) is 98.4 Å². The normalized spacial score (nSPS) is 15.9. The van der Waals surface area contributed by atoms with E-state index in [2.05, 4.69) is 228 Å². The van der Waals surface area contributed by atoms with Crippen LogP contribution in [-0.2, 0) is 5.41 Å². The van der Waals surface area contributed by atoms with Gasteiger partial charge in [-0.1, -0.05) is 169 Å². The van der Waals surface area contributed by atoms with Crippen molar-refractivity contribution in [2.45, 2.75) is 18.3 Å². The summed E-state index contributed by atoms with van der Waals surface area (Å²) in [7, 11) is 0. The lowest BCUT2D eigenvalue weighted by Gasteiger charge is -2.36. The molecule has 63 heavy (non-hydrogen) atoms. The summed E-state index contributed by atoms with van der Waals surface area (Å²) in [5, 5.41) is 12.7. The fourth-order valence-electron chi connectivity index (χ4n) is 11.9. The van der Waals surface area contributed by atoms with Gasteiger partial charge in [-0.3, -0.25) is 0 Å². The number of fused-ring (bicyclic) bond motifs is 15. The van der Waals surface area contributed by atoms with Crippen molar-refractivity contribution >= 4 is 75.9 Å². The molecule has 1 atom stereocenters. The zero-order valence-corrected chi connectivity index (χ0v) is 34.6. The first kappa shape index (κ1) is 34.7. The van der Waals surface area contributed by atoms with Gasteiger partial charge in [-0.15, -0.1) is 0 Å². The highest BCUT2D eigenvalue weighted by atomic mass is 15.0. The second kappa shape index (κ2) is 13.0. The van der Waals surface area contributed by atoms with Gasteiger partial charge in [-0.2, -0.15) is 0 Å². The second-order valence-corrected chi connectivity index (χ2v) is 17.5. The Hall–Kier alpha value is -7.94. The van der Waals surface area contributed by atoms with E-state index >= 15 is 0 Å². The summed E-state index contributed by atoms with van der Waals surface area (Å²) in [5.41, 5.74) is 14.8. The molecule has 2 nitrogen and oxygen atoms in total. The van der Waals surface area contributed by atoms with Crippen LogP contribution < -0.4 is 0 Å². The highest BCUT2D eigenvalue weighted by Gasteiger charge is 2.47. The maximum absolute atomic E-state index is 2.57. The monoisotopic (exact) mass is 800 g/mol. The van der Waals surface area contributed by atoms with E-state index in [0.717, 1.165) is 24.2 Å². The van der Waals surface area contributed by atoms with E-state index in [1.165, 1.54) is 109 Å². The van der Waals surface area contributed by atoms with Gasteiger partial charge in [0.1, 0.15) is 0 Å². The van der Waals surface area contributed by atoms with E-state index in [9.17, 15) is 0 Å². The molecule has 1 unspecified atom stereocenters. The molecule has 0 fully saturated rings. The number of para-hydroxylation sites is 2. The third kappa shape index (κ3) is 4.67. The van der Waals surface area contributed by atoms with Crippen molar-refractivity contribution in [1.82, 2.24) is 9.13 Å². The predicted molar refractivity (Wildman–Crippen MR) is 266 cm³/mol. The van der Waals surface area contributed by atoms with Crippen molar-refractivity contribution in [2.24, 2.45) is 0 Å². The highest BCUT2D eigenvalue weighted by Crippen LogP contribution is 2.59. The van der Waals surface area contributed by atoms with Crippen molar-refractivity contribution in [3.05, 3.63) is 241 Å². The van der Waals surface area contributed by atoms with E-state index in [1.54, 1.807) is 0 Å². The molecule has 12 aromatic rings. The lowest BCUT2D eigenvalue weighted by Crippen LogP contribution is -2.30. The molecule has 2 aliphatic rings. The van der Waals surface area contributed by atoms with Gasteiger partial charge in [0.25, 0.3) is 0 Å². The van der Waals surface area contributed by atoms with E-state index in [1.807, 2.05) is 0 Å². The zero-order valence-electron chi connectivity index (χ0n) is 34.6. The average molecular weight is 801 g/mol. The summed E-state index contributed by atoms with van der Waals surface area (Å²) in [4.78, 5) is 0. The van der Waals surface area contributed by atoms with Gasteiger partial charge in [-0.05, 0) is 128 Å². The summed E-state index contributed by atoms with van der Waals surface area (Å²) in [6.07, 6.45) is 9.03. The quantitative estimate of drug-likeness (QED) is 0.157. The Labute approximate surface area is 364 Å². The van der Waals surface area contributed by atoms with Crippen molar-refractivity contribution < 1.29 is 0 Å². The van der Waals surface area contributed by atoms with E-state index in [-0.39, 0.29) is 0 Å². The summed E-state index contributed by atoms with van der Waals surface area (Å²) in [5.74, 6) is 0. The topological polar surface area (TPSA) is 9.86 Å². The maximum Gasteiger partial charge on any atom is 0.0677 e. The molecule has 0 saturated heterocycles. The fourth-order valence-corrected chi connectivity index (χ4v) is 11.9. The van der Waals surface area contributed by atoms with Crippen molar-refractivity contribution in [2.75, 3.05) is 0 Å². The summed E-state index contributed by atoms with van der Waals surface area (Å²) in [6, 6.07) is 75.3. The minimum Gasteiger partial charge on any atom is -0.309 e. The van der Waals surface area contributed by atoms with Gasteiger partial charge >= 0.3 is 0 Å². The van der Waals surface area contributed by atoms with E-state index < -0.39 is 5.41 Å². The van der Waals surface area contributed by atoms with Crippen LogP contribution in [0.5, 0.6) is 0 Å². The first-order chi connectivity index (χ1) is 31.3. The number of rotatable bonds is 4. The summed E-state index contributed by atoms with van der Waals surface area (Å²) >= 11 is 0. The zero-order chi connectivity index (χ0) is 41.2. The van der Waals surface area contributed by atoms with Crippen LogP contribution in [-0.4, -0.2) is 9.13 Å². The minimum atomic E-state index is -0.431. The third-order valence-electron chi connectivity index (χ3n) is 14.4. The van der Waals surface area contributed by atoms with Crippen molar-refractivity contribution in [3.63, 3.8) is 0 Å². The largest absolute Gasteiger partial charge is 0.309 e. The molecular weight excluding hydrogens is 761 g/mol. The molecule has 2 heteroatoms. The van der Waals surface area contributed by atoms with Crippen LogP contribution in [0.4, 0.5) is 0 Å². The van der Waals surface area contributed by atoms with Crippen LogP contribution in [0.1, 0.15) is 29.5 Å². The average Bonchev–Trinajstić information content (AvgIpc) is 3.97. The van der Waals surface area contributed by atoms with E-state index in [0.29, 0.717) is 0 Å². The lowest BCUT2D eigenvalue weighted by atomic mass is 9.65. The number of aromatic nitrogens is 2. The predicted octanol–water partition coefficient (Wildman–Crippen LogP) is 15.9. The third-order valence-corrected chi connectivity index (χ3v) is 14.4. The Morgan fingerprint density at radius 1 is 0.349 bits per heavy atom. The van der Waals surface area contributed by atoms with Crippen molar-refractivity contribution in [1.29, 1.82) is 0 Å². The molecule has 294 valence electrons. The van der Waals surface area contributed by atoms with Gasteiger partial charge in [-0.25, -0.2) is 0 Å². The van der Waals surface area contributed by atoms with Crippen molar-refractivity contribution in [3.8, 4) is 22.5 Å². The van der Waals surface area contributed by atoms with Gasteiger partial charge in [0.2, 0.25) is 0 Å². The molecule has 0 amide bonds. The molecule has 14 rings (SSSR count). The Morgan fingerprint density at radius 3 is 1.56 bits per heavy atom. The summed E-state index contributed by atoms with van der Waals surface area (Å²) < 4.78 is 5.00. The Morgan fingerprint density at radius 2 is 0.873 bits per heavy atom. The Bertz CT molecular complexity index is 3880. The molecule has 2 heterocycles. The molecule has 0 aliphatic heterocycles. The standard InChI is InChI=1S/C61H40N2/c1-3-17-39(18-4-1)61(40-19-5-2-6-20-40)55-28-14-11-25-48(55)52-37-54-53-36-42(62-57-29-15-12-26-49(57)50-27-13-16-30-58(50)62)32-34-59(53)63(60(54)38-56(52)61)41-31-33-47-45-23-8-7-21-43(45)44-22-9-10-24-46(44)51(47)35-41/h1-5,7-19,21-38H,6,20H2. The van der Waals surface area contributed by atoms with E-state index in [4.69, 9.17) is 0 Å². The van der Waals surface area contributed by atoms with Gasteiger partial charge in [0.15, 0.2) is 0 Å². The number of hydrogen-bond donors (Lipinski definition) is 0. The first-order valence-corrected chi connectivity index (χ1v) is 22.2. The molecule has 0 N–H and O–H groups in total. The molecule has 2 aromatic heterocycles. The molecule has 10 aromatic carbocycles. The van der Waals surface area contributed by atoms with Gasteiger partial charge in [0, 0.05) is 32.9 Å². The van der Waals surface area contributed by atoms with Crippen LogP contribution >= 0.6 is 0 Å². The first-order valence-electron chi connectivity index (χ1n) is 22.2. The van der Waals surface area contributed by atoms with Crippen LogP contribution in [0.3, 0.4) is 0 Å². The van der Waals surface area contributed by atoms with Gasteiger partial charge in [0.05, 0.1) is 27.5 Å². The molecule has 0 radical (unpaired) electrons. The molecular formula is C61H40N2. The minimum absolute atomic E-state index is 0.431. The maximum atomic E-state index is 2.57. The Kier molecular flexibility index (Phi) is 7.19. The number of benzene rings is 10. The van der Waals surface area contributed by atoms with Gasteiger partial charge < -0.3 is 9.13 Å². The van der Waals surface area contributed by atoms with Crippen LogP contribution in [0, 0.1) is 0 Å². The molecule has 0 bridgehead atoms. The SMILES string of the molecule is C1=CCCC(C2(c3ccccc3)c3ccccc3-c3cc4c5cc(-n6c7ccccc7c7ccccc76)ccc5n(-c5ccc6c7ccccc7c7ccccc7c6c5)c4cc32)=C1. The highest BCUT2D eigenvalue weighted by molar-refractivity contribution is 6.26. The molecule has 0 spiro atoms. The Balaban J connectivity index is 1.13. The number of allylic oxidation sites excluding steroid dienone is 4. The fraction of sp³-hybridized carbons (Fsp3) is 0.0492. The smallest absolute Gasteiger partial charge is 0.0677 e. The number of hydrogen-bond acceptors (Lipinski definition) is 0. The van der Waals surface area contributed by atoms with Crippen LogP contribution in [0.2, 0.25) is 0 Å². The molecule has 0 saturated carbocycles. The van der Waals surface area contributed by atoms with Crippen LogP contribution in [0.15, 0.2) is 224 Å².